The minimum absolute atomic E-state index is 0.0304. The fourth-order valence-electron chi connectivity index (χ4n) is 3.66. The van der Waals surface area contributed by atoms with Gasteiger partial charge in [-0.05, 0) is 42.0 Å². The number of aromatic nitrogens is 1. The quantitative estimate of drug-likeness (QED) is 0.641. The van der Waals surface area contributed by atoms with Crippen LogP contribution in [0.25, 0.3) is 0 Å². The standard InChI is InChI=1S/C25H24FN3O3/c26-20-9-7-18(8-10-20)16-28-24(30)22-5-1-2-6-23(22)32-21-11-14-29(15-12-21)25(31)19-4-3-13-27-17-19/h1-10,13,17,21H,11-12,14-16H2,(H,28,30). The van der Waals surface area contributed by atoms with Crippen LogP contribution in [0.1, 0.15) is 39.1 Å². The summed E-state index contributed by atoms with van der Waals surface area (Å²) < 4.78 is 19.2. The molecule has 0 saturated carbocycles. The van der Waals surface area contributed by atoms with Crippen LogP contribution in [-0.2, 0) is 6.54 Å². The topological polar surface area (TPSA) is 71.5 Å². The third-order valence-corrected chi connectivity index (χ3v) is 5.43. The highest BCUT2D eigenvalue weighted by Gasteiger charge is 2.26. The van der Waals surface area contributed by atoms with E-state index in [1.54, 1.807) is 59.8 Å². The van der Waals surface area contributed by atoms with Gasteiger partial charge in [-0.2, -0.15) is 0 Å². The first-order chi connectivity index (χ1) is 15.6. The van der Waals surface area contributed by atoms with Gasteiger partial charge in [0.25, 0.3) is 11.8 Å². The molecule has 6 nitrogen and oxygen atoms in total. The number of amides is 2. The van der Waals surface area contributed by atoms with Gasteiger partial charge in [-0.3, -0.25) is 14.6 Å². The summed E-state index contributed by atoms with van der Waals surface area (Å²) in [7, 11) is 0. The zero-order chi connectivity index (χ0) is 22.3. The van der Waals surface area contributed by atoms with Crippen LogP contribution in [0.5, 0.6) is 5.75 Å². The lowest BCUT2D eigenvalue weighted by Gasteiger charge is -2.32. The molecule has 2 heterocycles. The molecule has 164 valence electrons. The predicted octanol–water partition coefficient (Wildman–Crippen LogP) is 3.83. The number of hydrogen-bond donors (Lipinski definition) is 1. The molecule has 1 saturated heterocycles. The summed E-state index contributed by atoms with van der Waals surface area (Å²) in [4.78, 5) is 31.1. The average molecular weight is 433 g/mol. The van der Waals surface area contributed by atoms with Crippen molar-refractivity contribution in [3.05, 3.63) is 95.6 Å². The van der Waals surface area contributed by atoms with Gasteiger partial charge >= 0.3 is 0 Å². The molecule has 0 radical (unpaired) electrons. The van der Waals surface area contributed by atoms with Crippen molar-refractivity contribution in [3.63, 3.8) is 0 Å². The van der Waals surface area contributed by atoms with E-state index in [-0.39, 0.29) is 23.7 Å². The molecule has 32 heavy (non-hydrogen) atoms. The molecular formula is C25H24FN3O3. The number of likely N-dealkylation sites (tertiary alicyclic amines) is 1. The molecule has 1 N–H and O–H groups in total. The maximum Gasteiger partial charge on any atom is 0.255 e. The van der Waals surface area contributed by atoms with Gasteiger partial charge in [0.2, 0.25) is 0 Å². The Labute approximate surface area is 186 Å². The van der Waals surface area contributed by atoms with Crippen LogP contribution >= 0.6 is 0 Å². The van der Waals surface area contributed by atoms with Gasteiger partial charge in [0, 0.05) is 44.9 Å². The Hall–Kier alpha value is -3.74. The largest absolute Gasteiger partial charge is 0.489 e. The summed E-state index contributed by atoms with van der Waals surface area (Å²) in [6, 6.07) is 16.6. The number of halogens is 1. The van der Waals surface area contributed by atoms with Crippen LogP contribution in [0.4, 0.5) is 4.39 Å². The van der Waals surface area contributed by atoms with Gasteiger partial charge in [0.05, 0.1) is 11.1 Å². The molecule has 1 aliphatic heterocycles. The maximum absolute atomic E-state index is 13.1. The molecule has 0 unspecified atom stereocenters. The summed E-state index contributed by atoms with van der Waals surface area (Å²) in [5, 5.41) is 2.85. The fourth-order valence-corrected chi connectivity index (χ4v) is 3.66. The average Bonchev–Trinajstić information content (AvgIpc) is 2.84. The Morgan fingerprint density at radius 3 is 2.50 bits per heavy atom. The summed E-state index contributed by atoms with van der Waals surface area (Å²) in [6.07, 6.45) is 4.49. The van der Waals surface area contributed by atoms with Gasteiger partial charge in [0.1, 0.15) is 17.7 Å². The van der Waals surface area contributed by atoms with E-state index >= 15 is 0 Å². The van der Waals surface area contributed by atoms with E-state index in [9.17, 15) is 14.0 Å². The van der Waals surface area contributed by atoms with E-state index in [4.69, 9.17) is 4.74 Å². The lowest BCUT2D eigenvalue weighted by Crippen LogP contribution is -2.42. The van der Waals surface area contributed by atoms with Crippen LogP contribution in [0.2, 0.25) is 0 Å². The second-order valence-electron chi connectivity index (χ2n) is 7.66. The SMILES string of the molecule is O=C(NCc1ccc(F)cc1)c1ccccc1OC1CCN(C(=O)c2cccnc2)CC1. The molecule has 1 aliphatic rings. The number of ether oxygens (including phenoxy) is 1. The Kier molecular flexibility index (Phi) is 6.75. The summed E-state index contributed by atoms with van der Waals surface area (Å²) >= 11 is 0. The van der Waals surface area contributed by atoms with Crippen molar-refractivity contribution < 1.29 is 18.7 Å². The molecule has 1 fully saturated rings. The normalized spacial score (nSPS) is 14.1. The van der Waals surface area contributed by atoms with Gasteiger partial charge in [-0.1, -0.05) is 24.3 Å². The lowest BCUT2D eigenvalue weighted by atomic mass is 10.1. The van der Waals surface area contributed by atoms with E-state index in [0.717, 1.165) is 5.56 Å². The van der Waals surface area contributed by atoms with Gasteiger partial charge in [-0.25, -0.2) is 4.39 Å². The number of nitrogens with one attached hydrogen (secondary N) is 1. The first kappa shape index (κ1) is 21.5. The monoisotopic (exact) mass is 433 g/mol. The minimum atomic E-state index is -0.313. The first-order valence-electron chi connectivity index (χ1n) is 10.6. The fraction of sp³-hybridized carbons (Fsp3) is 0.240. The first-order valence-corrected chi connectivity index (χ1v) is 10.6. The van der Waals surface area contributed by atoms with Gasteiger partial charge < -0.3 is 15.0 Å². The van der Waals surface area contributed by atoms with Gasteiger partial charge in [0.15, 0.2) is 0 Å². The predicted molar refractivity (Wildman–Crippen MR) is 118 cm³/mol. The van der Waals surface area contributed by atoms with Crippen molar-refractivity contribution in [1.29, 1.82) is 0 Å². The van der Waals surface area contributed by atoms with E-state index in [0.29, 0.717) is 49.4 Å². The van der Waals surface area contributed by atoms with E-state index in [2.05, 4.69) is 10.3 Å². The number of carbonyl (C=O) groups is 2. The van der Waals surface area contributed by atoms with Gasteiger partial charge in [-0.15, -0.1) is 0 Å². The van der Waals surface area contributed by atoms with Crippen molar-refractivity contribution in [2.75, 3.05) is 13.1 Å². The summed E-state index contributed by atoms with van der Waals surface area (Å²) in [5.74, 6) is -0.0839. The molecule has 0 bridgehead atoms. The Balaban J connectivity index is 1.34. The van der Waals surface area contributed by atoms with E-state index in [1.807, 2.05) is 6.07 Å². The van der Waals surface area contributed by atoms with Crippen molar-refractivity contribution >= 4 is 11.8 Å². The van der Waals surface area contributed by atoms with Crippen LogP contribution in [0.15, 0.2) is 73.1 Å². The Morgan fingerprint density at radius 2 is 1.78 bits per heavy atom. The summed E-state index contributed by atoms with van der Waals surface area (Å²) in [6.45, 7) is 1.46. The van der Waals surface area contributed by atoms with Crippen LogP contribution in [0, 0.1) is 5.82 Å². The Bertz CT molecular complexity index is 1070. The molecular weight excluding hydrogens is 409 g/mol. The number of nitrogens with zero attached hydrogens (tertiary/aromatic N) is 2. The molecule has 0 aliphatic carbocycles. The number of benzene rings is 2. The molecule has 2 amide bonds. The smallest absolute Gasteiger partial charge is 0.255 e. The third kappa shape index (κ3) is 5.29. The van der Waals surface area contributed by atoms with Crippen LogP contribution in [0.3, 0.4) is 0 Å². The highest BCUT2D eigenvalue weighted by atomic mass is 19.1. The van der Waals surface area contributed by atoms with Crippen LogP contribution in [-0.4, -0.2) is 40.9 Å². The second kappa shape index (κ2) is 10.0. The molecule has 4 rings (SSSR count). The van der Waals surface area contributed by atoms with Crippen LogP contribution < -0.4 is 10.1 Å². The zero-order valence-corrected chi connectivity index (χ0v) is 17.5. The second-order valence-corrected chi connectivity index (χ2v) is 7.66. The molecule has 7 heteroatoms. The Morgan fingerprint density at radius 1 is 1.03 bits per heavy atom. The van der Waals surface area contributed by atoms with E-state index in [1.165, 1.54) is 12.1 Å². The molecule has 3 aromatic rings. The zero-order valence-electron chi connectivity index (χ0n) is 17.5. The summed E-state index contributed by atoms with van der Waals surface area (Å²) in [5.41, 5.74) is 1.84. The van der Waals surface area contributed by atoms with E-state index < -0.39 is 0 Å². The highest BCUT2D eigenvalue weighted by Crippen LogP contribution is 2.24. The number of piperidine rings is 1. The number of hydrogen-bond acceptors (Lipinski definition) is 4. The minimum Gasteiger partial charge on any atom is -0.489 e. The third-order valence-electron chi connectivity index (χ3n) is 5.43. The maximum atomic E-state index is 13.1. The highest BCUT2D eigenvalue weighted by molar-refractivity contribution is 5.97. The number of para-hydroxylation sites is 1. The van der Waals surface area contributed by atoms with Crippen molar-refractivity contribution in [2.45, 2.75) is 25.5 Å². The molecule has 2 aromatic carbocycles. The molecule has 0 spiro atoms. The van der Waals surface area contributed by atoms with Crippen molar-refractivity contribution in [3.8, 4) is 5.75 Å². The number of pyridine rings is 1. The van der Waals surface area contributed by atoms with Crippen molar-refractivity contribution in [2.24, 2.45) is 0 Å². The lowest BCUT2D eigenvalue weighted by molar-refractivity contribution is 0.0593. The molecule has 1 aromatic heterocycles. The van der Waals surface area contributed by atoms with Crippen molar-refractivity contribution in [1.82, 2.24) is 15.2 Å². The molecule has 0 atom stereocenters. The number of rotatable bonds is 6. The number of carbonyl (C=O) groups excluding carboxylic acids is 2.